The molecule has 0 aliphatic carbocycles. The Hall–Kier alpha value is -0.750. The predicted molar refractivity (Wildman–Crippen MR) is 92.4 cm³/mol. The molecule has 0 heterocycles. The Labute approximate surface area is 145 Å². The first-order valence-corrected chi connectivity index (χ1v) is 8.07. The number of hydrogen-bond donors (Lipinski definition) is 1. The second-order valence-corrected chi connectivity index (χ2v) is 6.41. The largest absolute Gasteiger partial charge is 0.495 e. The second-order valence-electron chi connectivity index (χ2n) is 4.36. The van der Waals surface area contributed by atoms with Crippen molar-refractivity contribution in [3.63, 3.8) is 0 Å². The molecule has 2 aromatic rings. The lowest BCUT2D eigenvalue weighted by atomic mass is 9.98. The first-order valence-electron chi connectivity index (χ1n) is 6.10. The Bertz CT molecular complexity index is 664. The lowest BCUT2D eigenvalue weighted by Crippen LogP contribution is -2.13. The van der Waals surface area contributed by atoms with Gasteiger partial charge < -0.3 is 15.2 Å². The van der Waals surface area contributed by atoms with E-state index in [0.29, 0.717) is 16.5 Å². The number of nitrogens with two attached hydrogens (primary N) is 1. The van der Waals surface area contributed by atoms with E-state index in [4.69, 9.17) is 26.8 Å². The Morgan fingerprint density at radius 1 is 1.10 bits per heavy atom. The van der Waals surface area contributed by atoms with Crippen molar-refractivity contribution < 1.29 is 9.47 Å². The van der Waals surface area contributed by atoms with Crippen molar-refractivity contribution in [1.82, 2.24) is 0 Å². The maximum absolute atomic E-state index is 6.37. The lowest BCUT2D eigenvalue weighted by molar-refractivity contribution is 0.385. The van der Waals surface area contributed by atoms with Gasteiger partial charge in [0.2, 0.25) is 0 Å². The summed E-state index contributed by atoms with van der Waals surface area (Å²) in [5, 5.41) is 0.647. The molecule has 0 fully saturated rings. The molecular weight excluding hydrogens is 421 g/mol. The topological polar surface area (TPSA) is 44.5 Å². The molecule has 2 N–H and O–H groups in total. The lowest BCUT2D eigenvalue weighted by Gasteiger charge is -2.19. The van der Waals surface area contributed by atoms with Gasteiger partial charge in [-0.3, -0.25) is 0 Å². The van der Waals surface area contributed by atoms with E-state index in [9.17, 15) is 0 Å². The van der Waals surface area contributed by atoms with Crippen molar-refractivity contribution in [2.75, 3.05) is 14.2 Å². The van der Waals surface area contributed by atoms with E-state index in [1.165, 1.54) is 0 Å². The van der Waals surface area contributed by atoms with Crippen LogP contribution in [0.15, 0.2) is 39.3 Å². The molecule has 0 spiro atoms. The van der Waals surface area contributed by atoms with E-state index in [-0.39, 0.29) is 6.04 Å². The predicted octanol–water partition coefficient (Wildman–Crippen LogP) is 4.93. The monoisotopic (exact) mass is 433 g/mol. The van der Waals surface area contributed by atoms with E-state index in [1.54, 1.807) is 14.2 Å². The number of ether oxygens (including phenoxy) is 2. The van der Waals surface area contributed by atoms with E-state index >= 15 is 0 Å². The highest BCUT2D eigenvalue weighted by Crippen LogP contribution is 2.41. The number of hydrogen-bond acceptors (Lipinski definition) is 3. The number of methoxy groups -OCH3 is 2. The van der Waals surface area contributed by atoms with Crippen LogP contribution in [0.2, 0.25) is 5.02 Å². The third kappa shape index (κ3) is 3.37. The van der Waals surface area contributed by atoms with E-state index in [0.717, 1.165) is 20.1 Å². The molecule has 0 amide bonds. The molecule has 1 unspecified atom stereocenters. The maximum atomic E-state index is 6.37. The maximum Gasteiger partial charge on any atom is 0.141 e. The van der Waals surface area contributed by atoms with Crippen LogP contribution in [0, 0.1) is 0 Å². The average Bonchev–Trinajstić information content (AvgIpc) is 2.49. The molecule has 112 valence electrons. The van der Waals surface area contributed by atoms with Crippen LogP contribution in [-0.2, 0) is 0 Å². The SMILES string of the molecule is COc1ccc(C(N)c2ccc(Cl)c(Br)c2)c(OC)c1Br. The summed E-state index contributed by atoms with van der Waals surface area (Å²) in [6.45, 7) is 0. The van der Waals surface area contributed by atoms with Crippen LogP contribution in [-0.4, -0.2) is 14.2 Å². The van der Waals surface area contributed by atoms with E-state index in [1.807, 2.05) is 30.3 Å². The summed E-state index contributed by atoms with van der Waals surface area (Å²) >= 11 is 12.9. The second kappa shape index (κ2) is 7.01. The van der Waals surface area contributed by atoms with Crippen LogP contribution in [0.5, 0.6) is 11.5 Å². The highest BCUT2D eigenvalue weighted by molar-refractivity contribution is 9.11. The molecule has 2 aromatic carbocycles. The van der Waals surface area contributed by atoms with Crippen molar-refractivity contribution in [2.24, 2.45) is 5.73 Å². The molecule has 6 heteroatoms. The summed E-state index contributed by atoms with van der Waals surface area (Å²) in [4.78, 5) is 0. The Kier molecular flexibility index (Phi) is 5.54. The van der Waals surface area contributed by atoms with Gasteiger partial charge in [0, 0.05) is 10.0 Å². The average molecular weight is 436 g/mol. The molecule has 0 radical (unpaired) electrons. The van der Waals surface area contributed by atoms with E-state index < -0.39 is 0 Å². The molecule has 0 aliphatic rings. The number of benzene rings is 2. The quantitative estimate of drug-likeness (QED) is 0.741. The summed E-state index contributed by atoms with van der Waals surface area (Å²) < 4.78 is 12.3. The van der Waals surface area contributed by atoms with Crippen molar-refractivity contribution in [1.29, 1.82) is 0 Å². The summed E-state index contributed by atoms with van der Waals surface area (Å²) in [7, 11) is 3.21. The molecule has 3 nitrogen and oxygen atoms in total. The Morgan fingerprint density at radius 3 is 2.38 bits per heavy atom. The summed E-state index contributed by atoms with van der Waals surface area (Å²) in [6.07, 6.45) is 0. The molecule has 0 saturated heterocycles. The van der Waals surface area contributed by atoms with Gasteiger partial charge >= 0.3 is 0 Å². The fourth-order valence-corrected chi connectivity index (χ4v) is 3.25. The summed E-state index contributed by atoms with van der Waals surface area (Å²) in [6, 6.07) is 9.03. The van der Waals surface area contributed by atoms with Gasteiger partial charge in [-0.25, -0.2) is 0 Å². The van der Waals surface area contributed by atoms with Crippen LogP contribution in [0.1, 0.15) is 17.2 Å². The Balaban J connectivity index is 2.50. The zero-order valence-corrected chi connectivity index (χ0v) is 15.4. The zero-order valence-electron chi connectivity index (χ0n) is 11.5. The molecule has 1 atom stereocenters. The minimum absolute atomic E-state index is 0.337. The van der Waals surface area contributed by atoms with Gasteiger partial charge in [0.25, 0.3) is 0 Å². The number of rotatable bonds is 4. The van der Waals surface area contributed by atoms with Crippen molar-refractivity contribution in [3.8, 4) is 11.5 Å². The number of halogens is 3. The van der Waals surface area contributed by atoms with Gasteiger partial charge in [-0.1, -0.05) is 17.7 Å². The van der Waals surface area contributed by atoms with E-state index in [2.05, 4.69) is 31.9 Å². The third-order valence-electron chi connectivity index (χ3n) is 3.15. The van der Waals surface area contributed by atoms with Crippen molar-refractivity contribution in [3.05, 3.63) is 55.4 Å². The molecule has 2 rings (SSSR count). The molecule has 21 heavy (non-hydrogen) atoms. The highest BCUT2D eigenvalue weighted by atomic mass is 79.9. The van der Waals surface area contributed by atoms with Gasteiger partial charge in [-0.15, -0.1) is 0 Å². The smallest absolute Gasteiger partial charge is 0.141 e. The minimum Gasteiger partial charge on any atom is -0.495 e. The standard InChI is InChI=1S/C15H14Br2ClNO2/c1-20-12-6-4-9(15(21-2)13(12)17)14(19)8-3-5-11(18)10(16)7-8/h3-7,14H,19H2,1-2H3. The van der Waals surface area contributed by atoms with Gasteiger partial charge in [0.15, 0.2) is 0 Å². The summed E-state index contributed by atoms with van der Waals surface area (Å²) in [5.74, 6) is 1.35. The van der Waals surface area contributed by atoms with Crippen molar-refractivity contribution >= 4 is 43.5 Å². The van der Waals surface area contributed by atoms with Gasteiger partial charge in [0.1, 0.15) is 16.0 Å². The fourth-order valence-electron chi connectivity index (χ4n) is 2.05. The van der Waals surface area contributed by atoms with Crippen LogP contribution in [0.25, 0.3) is 0 Å². The molecule has 0 saturated carbocycles. The van der Waals surface area contributed by atoms with Crippen molar-refractivity contribution in [2.45, 2.75) is 6.04 Å². The molecule has 0 aromatic heterocycles. The normalized spacial score (nSPS) is 12.1. The highest BCUT2D eigenvalue weighted by Gasteiger charge is 2.19. The molecule has 0 bridgehead atoms. The minimum atomic E-state index is -0.337. The van der Waals surface area contributed by atoms with Gasteiger partial charge in [0.05, 0.1) is 25.3 Å². The molecule has 0 aliphatic heterocycles. The third-order valence-corrected chi connectivity index (χ3v) is 5.12. The first-order chi connectivity index (χ1) is 9.99. The van der Waals surface area contributed by atoms with Gasteiger partial charge in [-0.2, -0.15) is 0 Å². The van der Waals surface area contributed by atoms with Crippen LogP contribution >= 0.6 is 43.5 Å². The summed E-state index contributed by atoms with van der Waals surface area (Å²) in [5.41, 5.74) is 8.16. The van der Waals surface area contributed by atoms with Crippen LogP contribution < -0.4 is 15.2 Å². The first kappa shape index (κ1) is 16.6. The van der Waals surface area contributed by atoms with Crippen LogP contribution in [0.3, 0.4) is 0 Å². The fraction of sp³-hybridized carbons (Fsp3) is 0.200. The zero-order chi connectivity index (χ0) is 15.6. The Morgan fingerprint density at radius 2 is 1.81 bits per heavy atom. The molecular formula is C15H14Br2ClNO2. The van der Waals surface area contributed by atoms with Gasteiger partial charge in [-0.05, 0) is 61.7 Å². The van der Waals surface area contributed by atoms with Crippen LogP contribution in [0.4, 0.5) is 0 Å².